The summed E-state index contributed by atoms with van der Waals surface area (Å²) in [6.07, 6.45) is 3.60. The number of nitrogens with zero attached hydrogens (tertiary/aromatic N) is 1. The lowest BCUT2D eigenvalue weighted by atomic mass is 9.90. The predicted octanol–water partition coefficient (Wildman–Crippen LogP) is 2.93. The zero-order valence-corrected chi connectivity index (χ0v) is 12.5. The fourth-order valence-corrected chi connectivity index (χ4v) is 3.04. The highest BCUT2D eigenvalue weighted by Crippen LogP contribution is 2.26. The van der Waals surface area contributed by atoms with Gasteiger partial charge in [0.2, 0.25) is 0 Å². The number of amides is 1. The Morgan fingerprint density at radius 2 is 2.00 bits per heavy atom. The fraction of sp³-hybridized carbons (Fsp3) is 0.500. The van der Waals surface area contributed by atoms with E-state index in [-0.39, 0.29) is 23.6 Å². The van der Waals surface area contributed by atoms with Crippen LogP contribution in [0.5, 0.6) is 0 Å². The predicted molar refractivity (Wildman–Crippen MR) is 76.4 cm³/mol. The van der Waals surface area contributed by atoms with Crippen molar-refractivity contribution < 1.29 is 9.18 Å². The van der Waals surface area contributed by atoms with E-state index in [9.17, 15) is 9.18 Å². The molecule has 0 bridgehead atoms. The number of rotatable bonds is 2. The van der Waals surface area contributed by atoms with Crippen LogP contribution in [0.3, 0.4) is 0 Å². The molecule has 0 spiro atoms. The number of carbonyl (C=O) groups excluding carboxylic acids is 1. The molecule has 0 aliphatic heterocycles. The maximum Gasteiger partial charge on any atom is 0.257 e. The van der Waals surface area contributed by atoms with Gasteiger partial charge < -0.3 is 10.6 Å². The van der Waals surface area contributed by atoms with E-state index in [0.29, 0.717) is 4.47 Å². The summed E-state index contributed by atoms with van der Waals surface area (Å²) in [6.45, 7) is 0. The van der Waals surface area contributed by atoms with E-state index in [1.54, 1.807) is 24.1 Å². The summed E-state index contributed by atoms with van der Waals surface area (Å²) >= 11 is 3.24. The third-order valence-electron chi connectivity index (χ3n) is 3.79. The van der Waals surface area contributed by atoms with Crippen LogP contribution in [0.4, 0.5) is 4.39 Å². The minimum Gasteiger partial charge on any atom is -0.339 e. The van der Waals surface area contributed by atoms with Crippen molar-refractivity contribution in [2.24, 2.45) is 5.73 Å². The van der Waals surface area contributed by atoms with Gasteiger partial charge in [-0.15, -0.1) is 0 Å². The van der Waals surface area contributed by atoms with Crippen molar-refractivity contribution in [1.29, 1.82) is 0 Å². The van der Waals surface area contributed by atoms with Gasteiger partial charge in [-0.05, 0) is 53.7 Å². The molecule has 3 nitrogen and oxygen atoms in total. The molecule has 19 heavy (non-hydrogen) atoms. The summed E-state index contributed by atoms with van der Waals surface area (Å²) in [6, 6.07) is 4.96. The second-order valence-electron chi connectivity index (χ2n) is 5.08. The quantitative estimate of drug-likeness (QED) is 0.907. The average molecular weight is 329 g/mol. The van der Waals surface area contributed by atoms with E-state index in [0.717, 1.165) is 25.7 Å². The van der Waals surface area contributed by atoms with Crippen molar-refractivity contribution in [2.75, 3.05) is 7.05 Å². The molecular weight excluding hydrogens is 311 g/mol. The number of hydrogen-bond donors (Lipinski definition) is 1. The monoisotopic (exact) mass is 328 g/mol. The van der Waals surface area contributed by atoms with Crippen LogP contribution in [0, 0.1) is 5.82 Å². The summed E-state index contributed by atoms with van der Waals surface area (Å²) < 4.78 is 14.3. The lowest BCUT2D eigenvalue weighted by molar-refractivity contribution is 0.0684. The third kappa shape index (κ3) is 3.15. The number of hydrogen-bond acceptors (Lipinski definition) is 2. The van der Waals surface area contributed by atoms with Gasteiger partial charge in [0.25, 0.3) is 5.91 Å². The molecule has 1 saturated carbocycles. The molecule has 1 fully saturated rings. The van der Waals surface area contributed by atoms with E-state index in [1.165, 1.54) is 6.07 Å². The van der Waals surface area contributed by atoms with E-state index >= 15 is 0 Å². The molecule has 1 aliphatic carbocycles. The van der Waals surface area contributed by atoms with Gasteiger partial charge in [0.15, 0.2) is 0 Å². The Bertz CT molecular complexity index is 452. The zero-order chi connectivity index (χ0) is 14.0. The normalized spacial score (nSPS) is 23.2. The van der Waals surface area contributed by atoms with Gasteiger partial charge in [-0.3, -0.25) is 4.79 Å². The summed E-state index contributed by atoms with van der Waals surface area (Å²) in [5.74, 6) is -0.760. The van der Waals surface area contributed by atoms with Crippen LogP contribution < -0.4 is 5.73 Å². The second-order valence-corrected chi connectivity index (χ2v) is 5.94. The molecular formula is C14H18BrFN2O. The molecule has 0 heterocycles. The van der Waals surface area contributed by atoms with Gasteiger partial charge in [-0.2, -0.15) is 0 Å². The van der Waals surface area contributed by atoms with Crippen molar-refractivity contribution in [1.82, 2.24) is 4.90 Å². The van der Waals surface area contributed by atoms with Crippen molar-refractivity contribution >= 4 is 21.8 Å². The van der Waals surface area contributed by atoms with Crippen LogP contribution in [0.1, 0.15) is 36.0 Å². The van der Waals surface area contributed by atoms with Crippen LogP contribution in [-0.4, -0.2) is 29.9 Å². The Hall–Kier alpha value is -0.940. The molecule has 0 saturated heterocycles. The first kappa shape index (κ1) is 14.5. The number of halogens is 2. The van der Waals surface area contributed by atoms with E-state index in [2.05, 4.69) is 15.9 Å². The molecule has 1 amide bonds. The summed E-state index contributed by atoms with van der Waals surface area (Å²) in [5.41, 5.74) is 5.97. The lowest BCUT2D eigenvalue weighted by Crippen LogP contribution is -2.42. The van der Waals surface area contributed by atoms with Crippen LogP contribution in [0.15, 0.2) is 22.7 Å². The molecule has 0 radical (unpaired) electrons. The van der Waals surface area contributed by atoms with Crippen LogP contribution in [0.2, 0.25) is 0 Å². The maximum atomic E-state index is 13.8. The largest absolute Gasteiger partial charge is 0.339 e. The molecule has 5 heteroatoms. The third-order valence-corrected chi connectivity index (χ3v) is 4.45. The first-order valence-electron chi connectivity index (χ1n) is 6.47. The minimum atomic E-state index is -0.487. The van der Waals surface area contributed by atoms with E-state index in [1.807, 2.05) is 0 Å². The molecule has 0 atom stereocenters. The van der Waals surface area contributed by atoms with Gasteiger partial charge in [-0.25, -0.2) is 4.39 Å². The van der Waals surface area contributed by atoms with E-state index < -0.39 is 5.82 Å². The molecule has 2 rings (SSSR count). The summed E-state index contributed by atoms with van der Waals surface area (Å²) in [5, 5.41) is 0. The van der Waals surface area contributed by atoms with Crippen LogP contribution in [-0.2, 0) is 0 Å². The highest BCUT2D eigenvalue weighted by Gasteiger charge is 2.27. The Morgan fingerprint density at radius 3 is 2.58 bits per heavy atom. The number of nitrogens with two attached hydrogens (primary N) is 1. The molecule has 0 aromatic heterocycles. The van der Waals surface area contributed by atoms with Crippen molar-refractivity contribution in [3.63, 3.8) is 0 Å². The Morgan fingerprint density at radius 1 is 1.37 bits per heavy atom. The molecule has 104 valence electrons. The highest BCUT2D eigenvalue weighted by molar-refractivity contribution is 9.10. The highest BCUT2D eigenvalue weighted by atomic mass is 79.9. The Labute approximate surface area is 121 Å². The maximum absolute atomic E-state index is 13.8. The van der Waals surface area contributed by atoms with Crippen molar-refractivity contribution in [3.8, 4) is 0 Å². The summed E-state index contributed by atoms with van der Waals surface area (Å²) in [4.78, 5) is 14.0. The van der Waals surface area contributed by atoms with Crippen LogP contribution >= 0.6 is 15.9 Å². The first-order chi connectivity index (χ1) is 9.00. The van der Waals surface area contributed by atoms with Gasteiger partial charge in [0.05, 0.1) is 5.56 Å². The molecule has 1 aromatic rings. The molecule has 1 aliphatic rings. The van der Waals surface area contributed by atoms with Crippen LogP contribution in [0.25, 0.3) is 0 Å². The second kappa shape index (κ2) is 6.01. The lowest BCUT2D eigenvalue weighted by Gasteiger charge is -2.33. The Kier molecular flexibility index (Phi) is 4.58. The van der Waals surface area contributed by atoms with Gasteiger partial charge in [0.1, 0.15) is 5.82 Å². The molecule has 1 aromatic carbocycles. The molecule has 2 N–H and O–H groups in total. The Balaban J connectivity index is 2.15. The van der Waals surface area contributed by atoms with E-state index in [4.69, 9.17) is 5.73 Å². The number of carbonyl (C=O) groups is 1. The first-order valence-corrected chi connectivity index (χ1v) is 7.26. The molecule has 0 unspecified atom stereocenters. The zero-order valence-electron chi connectivity index (χ0n) is 10.9. The van der Waals surface area contributed by atoms with Crippen molar-refractivity contribution in [3.05, 3.63) is 34.1 Å². The van der Waals surface area contributed by atoms with Gasteiger partial charge in [0, 0.05) is 23.6 Å². The smallest absolute Gasteiger partial charge is 0.257 e. The SMILES string of the molecule is CN(C(=O)c1c(F)cccc1Br)C1CCC(N)CC1. The average Bonchev–Trinajstić information content (AvgIpc) is 2.38. The fourth-order valence-electron chi connectivity index (χ4n) is 2.53. The number of benzene rings is 1. The summed E-state index contributed by atoms with van der Waals surface area (Å²) in [7, 11) is 1.74. The topological polar surface area (TPSA) is 46.3 Å². The van der Waals surface area contributed by atoms with Crippen molar-refractivity contribution in [2.45, 2.75) is 37.8 Å². The van der Waals surface area contributed by atoms with Gasteiger partial charge in [-0.1, -0.05) is 6.07 Å². The van der Waals surface area contributed by atoms with Gasteiger partial charge >= 0.3 is 0 Å². The minimum absolute atomic E-state index is 0.111. The standard InChI is InChI=1S/C14H18BrFN2O/c1-18(10-7-5-9(17)6-8-10)14(19)13-11(15)3-2-4-12(13)16/h2-4,9-10H,5-8,17H2,1H3.